The Morgan fingerprint density at radius 1 is 1.00 bits per heavy atom. The highest BCUT2D eigenvalue weighted by molar-refractivity contribution is 6.02. The first-order valence-corrected chi connectivity index (χ1v) is 11.9. The minimum Gasteiger partial charge on any atom is -0.468 e. The summed E-state index contributed by atoms with van der Waals surface area (Å²) in [6.07, 6.45) is -7.89. The van der Waals surface area contributed by atoms with Gasteiger partial charge in [0.1, 0.15) is 17.3 Å². The van der Waals surface area contributed by atoms with Crippen LogP contribution in [-0.2, 0) is 33.1 Å². The van der Waals surface area contributed by atoms with Crippen LogP contribution in [0.1, 0.15) is 39.0 Å². The number of rotatable bonds is 12. The number of nitrogens with one attached hydrogen (secondary N) is 1. The van der Waals surface area contributed by atoms with E-state index >= 15 is 0 Å². The zero-order valence-corrected chi connectivity index (χ0v) is 21.4. The Morgan fingerprint density at radius 2 is 1.68 bits per heavy atom. The number of hydrogen-bond acceptors (Lipinski definition) is 6. The number of benzene rings is 2. The number of nitrogens with zero attached hydrogens (tertiary/aromatic N) is 2. The van der Waals surface area contributed by atoms with Gasteiger partial charge >= 0.3 is 12.4 Å². The van der Waals surface area contributed by atoms with Gasteiger partial charge in [0.15, 0.2) is 0 Å². The zero-order valence-electron chi connectivity index (χ0n) is 21.4. The van der Waals surface area contributed by atoms with Gasteiger partial charge in [0, 0.05) is 25.6 Å². The molecule has 1 heterocycles. The number of ether oxygens (including phenoxy) is 2. The van der Waals surface area contributed by atoms with Gasteiger partial charge in [0.25, 0.3) is 12.4 Å². The summed E-state index contributed by atoms with van der Waals surface area (Å²) < 4.78 is 89.4. The van der Waals surface area contributed by atoms with Crippen molar-refractivity contribution in [2.24, 2.45) is 0 Å². The molecule has 14 heteroatoms. The van der Waals surface area contributed by atoms with Crippen LogP contribution in [-0.4, -0.2) is 48.9 Å². The fourth-order valence-electron chi connectivity index (χ4n) is 3.79. The van der Waals surface area contributed by atoms with E-state index in [-0.39, 0.29) is 67.3 Å². The Kier molecular flexibility index (Phi) is 9.92. The summed E-state index contributed by atoms with van der Waals surface area (Å²) in [5.74, 6) is -1.31. The Hall–Kier alpha value is -4.62. The molecule has 0 saturated heterocycles. The molecule has 0 fully saturated rings. The zero-order chi connectivity index (χ0) is 30.2. The van der Waals surface area contributed by atoms with Crippen LogP contribution in [0.3, 0.4) is 0 Å². The van der Waals surface area contributed by atoms with Crippen molar-refractivity contribution >= 4 is 24.6 Å². The molecule has 218 valence electrons. The Labute approximate surface area is 229 Å². The smallest absolute Gasteiger partial charge is 0.416 e. The quantitative estimate of drug-likeness (QED) is 0.167. The molecule has 0 atom stereocenters. The molecule has 0 aliphatic heterocycles. The van der Waals surface area contributed by atoms with Gasteiger partial charge in [-0.1, -0.05) is 18.2 Å². The minimum atomic E-state index is -4.67. The van der Waals surface area contributed by atoms with Crippen LogP contribution in [0.2, 0.25) is 0 Å². The third-order valence-corrected chi connectivity index (χ3v) is 5.78. The second kappa shape index (κ2) is 13.2. The third kappa shape index (κ3) is 8.19. The highest BCUT2D eigenvalue weighted by Gasteiger charge is 2.32. The van der Waals surface area contributed by atoms with Crippen LogP contribution in [0.5, 0.6) is 11.5 Å². The summed E-state index contributed by atoms with van der Waals surface area (Å²) in [5.41, 5.74) is -1.76. The predicted octanol–water partition coefficient (Wildman–Crippen LogP) is 5.71. The third-order valence-electron chi connectivity index (χ3n) is 5.78. The predicted molar refractivity (Wildman–Crippen MR) is 133 cm³/mol. The average molecular weight is 583 g/mol. The lowest BCUT2D eigenvalue weighted by molar-refractivity contribution is -0.138. The summed E-state index contributed by atoms with van der Waals surface area (Å²) in [6, 6.07) is 7.98. The topological polar surface area (TPSA) is 97.8 Å². The van der Waals surface area contributed by atoms with Crippen molar-refractivity contribution < 1.29 is 50.2 Å². The number of aromatic nitrogens is 1. The number of halogens is 6. The molecule has 0 aliphatic carbocycles. The van der Waals surface area contributed by atoms with E-state index in [9.17, 15) is 40.7 Å². The molecule has 0 saturated carbocycles. The van der Waals surface area contributed by atoms with Crippen molar-refractivity contribution in [1.82, 2.24) is 9.88 Å². The van der Waals surface area contributed by atoms with E-state index in [0.29, 0.717) is 5.56 Å². The molecular weight excluding hydrogens is 560 g/mol. The van der Waals surface area contributed by atoms with Gasteiger partial charge in [-0.15, -0.1) is 0 Å². The SMILES string of the molecule is CN(CCCOC=O)C(=O)c1c(NC=O)ncc(Oc2cccc(C(F)(F)F)c2)c1Cc1ccc(C(F)(F)F)cc1. The number of hydrogen-bond donors (Lipinski definition) is 1. The molecule has 8 nitrogen and oxygen atoms in total. The molecule has 0 radical (unpaired) electrons. The molecule has 0 aliphatic rings. The highest BCUT2D eigenvalue weighted by Crippen LogP contribution is 2.37. The number of carbonyl (C=O) groups is 3. The van der Waals surface area contributed by atoms with E-state index in [0.717, 1.165) is 36.5 Å². The first-order valence-electron chi connectivity index (χ1n) is 11.9. The Morgan fingerprint density at radius 3 is 2.29 bits per heavy atom. The standard InChI is InChI=1S/C27H23F6N3O5/c1-36(10-3-11-40-16-38)25(39)23-21(12-17-6-8-18(9-7-17)26(28,29)30)22(14-34-24(23)35-15-37)41-20-5-2-4-19(13-20)27(31,32)33/h2,4-9,13-16H,3,10-12H2,1H3,(H,34,35,37). The van der Waals surface area contributed by atoms with E-state index in [1.807, 2.05) is 0 Å². The molecule has 1 N–H and O–H groups in total. The maximum absolute atomic E-state index is 13.6. The fraction of sp³-hybridized carbons (Fsp3) is 0.259. The minimum absolute atomic E-state index is 0.00984. The lowest BCUT2D eigenvalue weighted by Gasteiger charge is -2.22. The normalized spacial score (nSPS) is 11.5. The molecular formula is C27H23F6N3O5. The second-order valence-corrected chi connectivity index (χ2v) is 8.63. The van der Waals surface area contributed by atoms with Crippen molar-refractivity contribution in [2.45, 2.75) is 25.2 Å². The summed E-state index contributed by atoms with van der Waals surface area (Å²) in [5, 5.41) is 2.30. The monoisotopic (exact) mass is 583 g/mol. The Balaban J connectivity index is 2.12. The summed E-state index contributed by atoms with van der Waals surface area (Å²) in [7, 11) is 1.41. The van der Waals surface area contributed by atoms with Crippen LogP contribution >= 0.6 is 0 Å². The summed E-state index contributed by atoms with van der Waals surface area (Å²) >= 11 is 0. The highest BCUT2D eigenvalue weighted by atomic mass is 19.4. The fourth-order valence-corrected chi connectivity index (χ4v) is 3.79. The van der Waals surface area contributed by atoms with Crippen LogP contribution in [0.4, 0.5) is 32.2 Å². The first-order chi connectivity index (χ1) is 19.3. The van der Waals surface area contributed by atoms with E-state index in [1.54, 1.807) is 0 Å². The number of anilines is 1. The average Bonchev–Trinajstić information content (AvgIpc) is 2.92. The first kappa shape index (κ1) is 30.9. The van der Waals surface area contributed by atoms with Gasteiger partial charge in [-0.3, -0.25) is 14.4 Å². The molecule has 1 aromatic heterocycles. The molecule has 0 spiro atoms. The van der Waals surface area contributed by atoms with Crippen molar-refractivity contribution in [3.63, 3.8) is 0 Å². The van der Waals surface area contributed by atoms with Gasteiger partial charge in [-0.05, 0) is 42.3 Å². The van der Waals surface area contributed by atoms with Crippen molar-refractivity contribution in [1.29, 1.82) is 0 Å². The molecule has 2 aromatic carbocycles. The van der Waals surface area contributed by atoms with Crippen molar-refractivity contribution in [3.8, 4) is 11.5 Å². The van der Waals surface area contributed by atoms with Gasteiger partial charge in [-0.2, -0.15) is 26.3 Å². The van der Waals surface area contributed by atoms with E-state index in [4.69, 9.17) is 4.74 Å². The second-order valence-electron chi connectivity index (χ2n) is 8.63. The molecule has 3 rings (SSSR count). The molecule has 0 unspecified atom stereocenters. The van der Waals surface area contributed by atoms with Gasteiger partial charge < -0.3 is 19.7 Å². The number of carbonyl (C=O) groups excluding carboxylic acids is 3. The number of amides is 2. The molecule has 3 aromatic rings. The molecule has 41 heavy (non-hydrogen) atoms. The van der Waals surface area contributed by atoms with Gasteiger partial charge in [0.05, 0.1) is 29.5 Å². The van der Waals surface area contributed by atoms with Gasteiger partial charge in [-0.25, -0.2) is 4.98 Å². The van der Waals surface area contributed by atoms with Crippen molar-refractivity contribution in [2.75, 3.05) is 25.5 Å². The van der Waals surface area contributed by atoms with E-state index in [1.165, 1.54) is 30.1 Å². The van der Waals surface area contributed by atoms with E-state index < -0.39 is 29.4 Å². The van der Waals surface area contributed by atoms with Gasteiger partial charge in [0.2, 0.25) is 6.41 Å². The summed E-state index contributed by atoms with van der Waals surface area (Å²) in [6.45, 7) is 0.343. The van der Waals surface area contributed by atoms with E-state index in [2.05, 4.69) is 15.0 Å². The number of alkyl halides is 6. The van der Waals surface area contributed by atoms with Crippen LogP contribution < -0.4 is 10.1 Å². The van der Waals surface area contributed by atoms with Crippen LogP contribution in [0.25, 0.3) is 0 Å². The summed E-state index contributed by atoms with van der Waals surface area (Å²) in [4.78, 5) is 40.5. The van der Waals surface area contributed by atoms with Crippen molar-refractivity contribution in [3.05, 3.63) is 82.5 Å². The lowest BCUT2D eigenvalue weighted by Crippen LogP contribution is -2.30. The number of pyridine rings is 1. The van der Waals surface area contributed by atoms with Crippen LogP contribution in [0.15, 0.2) is 54.7 Å². The largest absolute Gasteiger partial charge is 0.468 e. The molecule has 0 bridgehead atoms. The Bertz CT molecular complexity index is 1380. The maximum atomic E-state index is 13.6. The van der Waals surface area contributed by atoms with Crippen LogP contribution in [0, 0.1) is 0 Å². The molecule has 2 amide bonds. The maximum Gasteiger partial charge on any atom is 0.416 e. The lowest BCUT2D eigenvalue weighted by atomic mass is 9.97.